The molecule has 0 aliphatic heterocycles. The molecular weight excluding hydrogens is 336 g/mol. The number of hydrogen-bond donors (Lipinski definition) is 0. The fourth-order valence-electron chi connectivity index (χ4n) is 6.86. The lowest BCUT2D eigenvalue weighted by Crippen LogP contribution is -2.58. The van der Waals surface area contributed by atoms with E-state index in [0.29, 0.717) is 17.3 Å². The molecule has 4 fully saturated rings. The standard InChI is InChI=1S/C23H28N2O2/c1-16(19-6-5-9-27-19)25(20-7-3-4-8-24-20)21(26)23-13-17-10-18(14-23)12-22(2,11-17)15-23/h3-9,16-18H,10-15H2,1-2H3/t16-,17-,18-,22?,23?/m0/s1. The molecule has 4 bridgehead atoms. The highest BCUT2D eigenvalue weighted by Gasteiger charge is 2.60. The zero-order valence-corrected chi connectivity index (χ0v) is 16.2. The van der Waals surface area contributed by atoms with Gasteiger partial charge in [-0.3, -0.25) is 9.69 Å². The lowest BCUT2D eigenvalue weighted by Gasteiger charge is -2.61. The van der Waals surface area contributed by atoms with E-state index in [4.69, 9.17) is 4.42 Å². The lowest BCUT2D eigenvalue weighted by atomic mass is 9.44. The van der Waals surface area contributed by atoms with Gasteiger partial charge in [0.2, 0.25) is 5.91 Å². The highest BCUT2D eigenvalue weighted by molar-refractivity contribution is 5.97. The minimum Gasteiger partial charge on any atom is -0.467 e. The fraction of sp³-hybridized carbons (Fsp3) is 0.565. The van der Waals surface area contributed by atoms with Crippen molar-refractivity contribution in [3.8, 4) is 0 Å². The van der Waals surface area contributed by atoms with Gasteiger partial charge in [0.25, 0.3) is 0 Å². The van der Waals surface area contributed by atoms with Gasteiger partial charge in [0.05, 0.1) is 17.7 Å². The van der Waals surface area contributed by atoms with E-state index in [-0.39, 0.29) is 17.4 Å². The summed E-state index contributed by atoms with van der Waals surface area (Å²) in [6, 6.07) is 9.48. The first kappa shape index (κ1) is 17.0. The Bertz CT molecular complexity index is 815. The van der Waals surface area contributed by atoms with Crippen LogP contribution in [0.4, 0.5) is 5.82 Å². The first-order chi connectivity index (χ1) is 13.0. The Morgan fingerprint density at radius 2 is 1.96 bits per heavy atom. The first-order valence-corrected chi connectivity index (χ1v) is 10.3. The fourth-order valence-corrected chi connectivity index (χ4v) is 6.86. The SMILES string of the molecule is C[C@@H](c1ccco1)N(C(=O)C12C[C@H]3C[C@@H](CC(C)(C3)C1)C2)c1ccccn1. The Hall–Kier alpha value is -2.10. The second-order valence-corrected chi connectivity index (χ2v) is 9.61. The number of amides is 1. The molecule has 2 aromatic heterocycles. The van der Waals surface area contributed by atoms with Crippen LogP contribution in [0, 0.1) is 22.7 Å². The molecule has 0 radical (unpaired) electrons. The molecule has 4 nitrogen and oxygen atoms in total. The van der Waals surface area contributed by atoms with Crippen molar-refractivity contribution in [1.82, 2.24) is 4.98 Å². The maximum atomic E-state index is 14.1. The second kappa shape index (κ2) is 5.95. The maximum absolute atomic E-state index is 14.1. The predicted octanol–water partition coefficient (Wildman–Crippen LogP) is 5.38. The molecule has 27 heavy (non-hydrogen) atoms. The van der Waals surface area contributed by atoms with Crippen molar-refractivity contribution in [3.05, 3.63) is 48.6 Å². The van der Waals surface area contributed by atoms with Gasteiger partial charge >= 0.3 is 0 Å². The second-order valence-electron chi connectivity index (χ2n) is 9.61. The summed E-state index contributed by atoms with van der Waals surface area (Å²) in [6.07, 6.45) is 10.5. The van der Waals surface area contributed by atoms with E-state index in [1.807, 2.05) is 42.2 Å². The van der Waals surface area contributed by atoms with Crippen LogP contribution >= 0.6 is 0 Å². The van der Waals surface area contributed by atoms with Gasteiger partial charge in [-0.1, -0.05) is 13.0 Å². The smallest absolute Gasteiger partial charge is 0.235 e. The number of rotatable bonds is 4. The molecule has 2 heterocycles. The van der Waals surface area contributed by atoms with Crippen LogP contribution < -0.4 is 4.90 Å². The molecule has 0 spiro atoms. The first-order valence-electron chi connectivity index (χ1n) is 10.3. The molecule has 4 aliphatic rings. The number of furan rings is 1. The number of nitrogens with zero attached hydrogens (tertiary/aromatic N) is 2. The number of pyridine rings is 1. The third-order valence-corrected chi connectivity index (χ3v) is 7.26. The van der Waals surface area contributed by atoms with E-state index in [1.165, 1.54) is 19.3 Å². The summed E-state index contributed by atoms with van der Waals surface area (Å²) in [4.78, 5) is 20.6. The van der Waals surface area contributed by atoms with Crippen molar-refractivity contribution in [1.29, 1.82) is 0 Å². The van der Waals surface area contributed by atoms with Crippen LogP contribution in [0.3, 0.4) is 0 Å². The zero-order chi connectivity index (χ0) is 18.6. The summed E-state index contributed by atoms with van der Waals surface area (Å²) in [5.74, 6) is 3.22. The van der Waals surface area contributed by atoms with Gasteiger partial charge in [0.15, 0.2) is 0 Å². The van der Waals surface area contributed by atoms with Gasteiger partial charge in [-0.05, 0) is 87.0 Å². The Kier molecular flexibility index (Phi) is 3.75. The topological polar surface area (TPSA) is 46.3 Å². The molecule has 2 aromatic rings. The third kappa shape index (κ3) is 2.72. The summed E-state index contributed by atoms with van der Waals surface area (Å²) in [6.45, 7) is 4.46. The Morgan fingerprint density at radius 3 is 2.56 bits per heavy atom. The van der Waals surface area contributed by atoms with Crippen molar-refractivity contribution >= 4 is 11.7 Å². The third-order valence-electron chi connectivity index (χ3n) is 7.26. The highest BCUT2D eigenvalue weighted by atomic mass is 16.3. The van der Waals surface area contributed by atoms with Crippen molar-refractivity contribution in [3.63, 3.8) is 0 Å². The monoisotopic (exact) mass is 364 g/mol. The summed E-state index contributed by atoms with van der Waals surface area (Å²) in [5, 5.41) is 0. The Labute approximate surface area is 161 Å². The minimum absolute atomic E-state index is 0.164. The average Bonchev–Trinajstić information content (AvgIpc) is 3.15. The molecule has 4 heteroatoms. The van der Waals surface area contributed by atoms with Gasteiger partial charge in [0, 0.05) is 6.20 Å². The predicted molar refractivity (Wildman–Crippen MR) is 104 cm³/mol. The van der Waals surface area contributed by atoms with Crippen LogP contribution in [-0.2, 0) is 4.79 Å². The van der Waals surface area contributed by atoms with E-state index in [9.17, 15) is 4.79 Å². The van der Waals surface area contributed by atoms with Crippen molar-refractivity contribution in [2.75, 3.05) is 4.90 Å². The molecular formula is C23H28N2O2. The summed E-state index contributed by atoms with van der Waals surface area (Å²) in [5.41, 5.74) is 0.112. The molecule has 142 valence electrons. The maximum Gasteiger partial charge on any atom is 0.235 e. The van der Waals surface area contributed by atoms with Crippen LogP contribution in [-0.4, -0.2) is 10.9 Å². The molecule has 0 saturated heterocycles. The molecule has 6 rings (SSSR count). The van der Waals surface area contributed by atoms with Crippen LogP contribution in [0.1, 0.15) is 64.2 Å². The van der Waals surface area contributed by atoms with Crippen LogP contribution in [0.5, 0.6) is 0 Å². The van der Waals surface area contributed by atoms with E-state index in [0.717, 1.165) is 30.8 Å². The number of aromatic nitrogens is 1. The number of carbonyl (C=O) groups excluding carboxylic acids is 1. The molecule has 0 aromatic carbocycles. The normalized spacial score (nSPS) is 35.2. The van der Waals surface area contributed by atoms with E-state index in [2.05, 4.69) is 11.9 Å². The van der Waals surface area contributed by atoms with Gasteiger partial charge in [-0.2, -0.15) is 0 Å². The minimum atomic E-state index is -0.225. The summed E-state index contributed by atoms with van der Waals surface area (Å²) < 4.78 is 5.66. The van der Waals surface area contributed by atoms with Crippen molar-refractivity contribution in [2.24, 2.45) is 22.7 Å². The lowest BCUT2D eigenvalue weighted by molar-refractivity contribution is -0.153. The van der Waals surface area contributed by atoms with Crippen molar-refractivity contribution < 1.29 is 9.21 Å². The Balaban J connectivity index is 1.55. The summed E-state index contributed by atoms with van der Waals surface area (Å²) in [7, 11) is 0. The summed E-state index contributed by atoms with van der Waals surface area (Å²) >= 11 is 0. The largest absolute Gasteiger partial charge is 0.467 e. The number of anilines is 1. The van der Waals surface area contributed by atoms with Crippen LogP contribution in [0.25, 0.3) is 0 Å². The van der Waals surface area contributed by atoms with Gasteiger partial charge in [-0.15, -0.1) is 0 Å². The zero-order valence-electron chi connectivity index (χ0n) is 16.2. The molecule has 0 N–H and O–H groups in total. The Morgan fingerprint density at radius 1 is 1.19 bits per heavy atom. The molecule has 4 aliphatic carbocycles. The van der Waals surface area contributed by atoms with Gasteiger partial charge in [0.1, 0.15) is 11.6 Å². The van der Waals surface area contributed by atoms with E-state index >= 15 is 0 Å². The van der Waals surface area contributed by atoms with Crippen LogP contribution in [0.2, 0.25) is 0 Å². The quantitative estimate of drug-likeness (QED) is 0.732. The van der Waals surface area contributed by atoms with E-state index in [1.54, 1.807) is 12.5 Å². The average molecular weight is 364 g/mol. The van der Waals surface area contributed by atoms with E-state index < -0.39 is 0 Å². The molecule has 3 atom stereocenters. The van der Waals surface area contributed by atoms with Crippen LogP contribution in [0.15, 0.2) is 47.2 Å². The van der Waals surface area contributed by atoms with Crippen molar-refractivity contribution in [2.45, 2.75) is 58.4 Å². The molecule has 4 saturated carbocycles. The van der Waals surface area contributed by atoms with Gasteiger partial charge in [-0.25, -0.2) is 4.98 Å². The van der Waals surface area contributed by atoms with Gasteiger partial charge < -0.3 is 4.42 Å². The number of hydrogen-bond acceptors (Lipinski definition) is 3. The molecule has 1 amide bonds. The number of carbonyl (C=O) groups is 1. The highest BCUT2D eigenvalue weighted by Crippen LogP contribution is 2.65. The molecule has 0 unspecified atom stereocenters.